The van der Waals surface area contributed by atoms with Crippen LogP contribution in [0.25, 0.3) is 0 Å². The first-order valence-electron chi connectivity index (χ1n) is 7.04. The molecule has 2 bridgehead atoms. The highest BCUT2D eigenvalue weighted by Crippen LogP contribution is 2.68. The lowest BCUT2D eigenvalue weighted by Gasteiger charge is -2.32. The van der Waals surface area contributed by atoms with Gasteiger partial charge in [0.1, 0.15) is 0 Å². The lowest BCUT2D eigenvalue weighted by atomic mass is 9.55. The van der Waals surface area contributed by atoms with Gasteiger partial charge in [0.25, 0.3) is 0 Å². The second-order valence-corrected chi connectivity index (χ2v) is 7.94. The van der Waals surface area contributed by atoms with E-state index in [1.165, 1.54) is 32.1 Å². The van der Waals surface area contributed by atoms with Crippen molar-refractivity contribution in [2.45, 2.75) is 83.2 Å². The van der Waals surface area contributed by atoms with E-state index in [1.807, 2.05) is 0 Å². The van der Waals surface area contributed by atoms with Gasteiger partial charge in [-0.3, -0.25) is 0 Å². The molecule has 0 aromatic carbocycles. The second kappa shape index (κ2) is 3.11. The van der Waals surface area contributed by atoms with E-state index < -0.39 is 0 Å². The molecule has 0 N–H and O–H groups in total. The van der Waals surface area contributed by atoms with E-state index in [1.54, 1.807) is 0 Å². The fourth-order valence-corrected chi connectivity index (χ4v) is 3.97. The molecule has 3 aliphatic rings. The third-order valence-corrected chi connectivity index (χ3v) is 5.98. The highest BCUT2D eigenvalue weighted by Gasteiger charge is 2.65. The minimum absolute atomic E-state index is 0.0248. The Morgan fingerprint density at radius 1 is 0.765 bits per heavy atom. The van der Waals surface area contributed by atoms with Crippen molar-refractivity contribution >= 4 is 7.12 Å². The van der Waals surface area contributed by atoms with Gasteiger partial charge in [-0.25, -0.2) is 0 Å². The molecule has 2 aliphatic carbocycles. The zero-order chi connectivity index (χ0) is 12.5. The minimum atomic E-state index is -0.173. The van der Waals surface area contributed by atoms with Crippen molar-refractivity contribution in [1.29, 1.82) is 0 Å². The third kappa shape index (κ3) is 1.54. The molecule has 3 fully saturated rings. The standard InChI is InChI=1S/C14H25BO2/c1-11(2)12(3,4)17-15(16-11)14-8-6-13(5,10-14)7-9-14/h6-10H2,1-5H3. The Bertz CT molecular complexity index is 324. The van der Waals surface area contributed by atoms with Gasteiger partial charge in [-0.15, -0.1) is 0 Å². The van der Waals surface area contributed by atoms with Crippen molar-refractivity contribution in [1.82, 2.24) is 0 Å². The molecular formula is C14H25BO2. The van der Waals surface area contributed by atoms with Crippen LogP contribution in [0.1, 0.15) is 66.7 Å². The molecule has 3 heteroatoms. The molecule has 0 atom stereocenters. The van der Waals surface area contributed by atoms with Crippen molar-refractivity contribution < 1.29 is 9.31 Å². The van der Waals surface area contributed by atoms with Crippen molar-refractivity contribution in [3.63, 3.8) is 0 Å². The summed E-state index contributed by atoms with van der Waals surface area (Å²) < 4.78 is 12.6. The molecule has 2 nitrogen and oxygen atoms in total. The van der Waals surface area contributed by atoms with Gasteiger partial charge in [-0.05, 0) is 65.2 Å². The predicted molar refractivity (Wildman–Crippen MR) is 70.0 cm³/mol. The Labute approximate surface area is 106 Å². The smallest absolute Gasteiger partial charge is 0.403 e. The summed E-state index contributed by atoms with van der Waals surface area (Å²) >= 11 is 0. The van der Waals surface area contributed by atoms with Crippen LogP contribution in [0.5, 0.6) is 0 Å². The number of hydrogen-bond donors (Lipinski definition) is 0. The molecule has 0 spiro atoms. The molecule has 1 aliphatic heterocycles. The van der Waals surface area contributed by atoms with Crippen molar-refractivity contribution in [2.75, 3.05) is 0 Å². The highest BCUT2D eigenvalue weighted by molar-refractivity contribution is 6.50. The SMILES string of the molecule is CC12CCC(B3OC(C)(C)C(C)(C)O3)(CC1)C2. The highest BCUT2D eigenvalue weighted by atomic mass is 16.7. The monoisotopic (exact) mass is 236 g/mol. The summed E-state index contributed by atoms with van der Waals surface area (Å²) in [5, 5.41) is 0.319. The molecule has 1 saturated heterocycles. The second-order valence-electron chi connectivity index (χ2n) is 7.94. The number of rotatable bonds is 1. The van der Waals surface area contributed by atoms with E-state index in [9.17, 15) is 0 Å². The van der Waals surface area contributed by atoms with Gasteiger partial charge in [0.05, 0.1) is 11.2 Å². The van der Waals surface area contributed by atoms with Gasteiger partial charge < -0.3 is 9.31 Å². The maximum atomic E-state index is 6.29. The van der Waals surface area contributed by atoms with E-state index in [0.717, 1.165) is 0 Å². The van der Waals surface area contributed by atoms with Gasteiger partial charge in [-0.2, -0.15) is 0 Å². The summed E-state index contributed by atoms with van der Waals surface area (Å²) in [6, 6.07) is 0. The quantitative estimate of drug-likeness (QED) is 0.644. The van der Waals surface area contributed by atoms with Gasteiger partial charge in [-0.1, -0.05) is 6.92 Å². The van der Waals surface area contributed by atoms with Crippen LogP contribution in [-0.4, -0.2) is 18.3 Å². The zero-order valence-electron chi connectivity index (χ0n) is 11.9. The predicted octanol–water partition coefficient (Wildman–Crippen LogP) is 3.80. The van der Waals surface area contributed by atoms with E-state index in [4.69, 9.17) is 9.31 Å². The average molecular weight is 236 g/mol. The summed E-state index contributed by atoms with van der Waals surface area (Å²) in [4.78, 5) is 0. The molecule has 3 rings (SSSR count). The third-order valence-electron chi connectivity index (χ3n) is 5.98. The van der Waals surface area contributed by atoms with E-state index in [-0.39, 0.29) is 18.3 Å². The largest absolute Gasteiger partial charge is 0.464 e. The molecule has 0 radical (unpaired) electrons. The fourth-order valence-electron chi connectivity index (χ4n) is 3.97. The summed E-state index contributed by atoms with van der Waals surface area (Å²) in [6.45, 7) is 11.1. The zero-order valence-corrected chi connectivity index (χ0v) is 11.9. The molecular weight excluding hydrogens is 211 g/mol. The Morgan fingerprint density at radius 3 is 1.59 bits per heavy atom. The molecule has 0 amide bonds. The summed E-state index contributed by atoms with van der Waals surface area (Å²) in [5.74, 6) is 0. The molecule has 2 saturated carbocycles. The first-order chi connectivity index (χ1) is 7.68. The fraction of sp³-hybridized carbons (Fsp3) is 1.00. The Hall–Kier alpha value is -0.0151. The van der Waals surface area contributed by atoms with Crippen LogP contribution in [-0.2, 0) is 9.31 Å². The Kier molecular flexibility index (Phi) is 2.20. The van der Waals surface area contributed by atoms with Crippen molar-refractivity contribution in [3.05, 3.63) is 0 Å². The van der Waals surface area contributed by atoms with Crippen LogP contribution in [0, 0.1) is 5.41 Å². The van der Waals surface area contributed by atoms with Crippen LogP contribution < -0.4 is 0 Å². The molecule has 17 heavy (non-hydrogen) atoms. The number of hydrogen-bond acceptors (Lipinski definition) is 2. The molecule has 0 unspecified atom stereocenters. The van der Waals surface area contributed by atoms with Gasteiger partial charge in [0, 0.05) is 5.31 Å². The Balaban J connectivity index is 1.85. The van der Waals surface area contributed by atoms with Crippen LogP contribution in [0.3, 0.4) is 0 Å². The van der Waals surface area contributed by atoms with E-state index in [2.05, 4.69) is 34.6 Å². The minimum Gasteiger partial charge on any atom is -0.403 e. The topological polar surface area (TPSA) is 18.5 Å². The molecule has 0 aromatic rings. The summed E-state index contributed by atoms with van der Waals surface area (Å²) in [7, 11) is 0.0248. The van der Waals surface area contributed by atoms with Crippen LogP contribution in [0.2, 0.25) is 5.31 Å². The lowest BCUT2D eigenvalue weighted by Crippen LogP contribution is -2.41. The first-order valence-corrected chi connectivity index (χ1v) is 7.04. The van der Waals surface area contributed by atoms with Crippen molar-refractivity contribution in [3.8, 4) is 0 Å². The molecule has 1 heterocycles. The van der Waals surface area contributed by atoms with Crippen LogP contribution >= 0.6 is 0 Å². The van der Waals surface area contributed by atoms with Gasteiger partial charge in [0.15, 0.2) is 0 Å². The average Bonchev–Trinajstić information content (AvgIpc) is 2.76. The number of fused-ring (bicyclic) bond motifs is 2. The summed E-state index contributed by atoms with van der Waals surface area (Å²) in [5.41, 5.74) is 0.228. The van der Waals surface area contributed by atoms with Crippen LogP contribution in [0.15, 0.2) is 0 Å². The summed E-state index contributed by atoms with van der Waals surface area (Å²) in [6.07, 6.45) is 6.60. The van der Waals surface area contributed by atoms with Crippen LogP contribution in [0.4, 0.5) is 0 Å². The maximum absolute atomic E-state index is 6.29. The van der Waals surface area contributed by atoms with Crippen molar-refractivity contribution in [2.24, 2.45) is 5.41 Å². The maximum Gasteiger partial charge on any atom is 0.464 e. The van der Waals surface area contributed by atoms with Gasteiger partial charge in [0.2, 0.25) is 0 Å². The molecule has 96 valence electrons. The Morgan fingerprint density at radius 2 is 1.24 bits per heavy atom. The van der Waals surface area contributed by atoms with E-state index >= 15 is 0 Å². The lowest BCUT2D eigenvalue weighted by molar-refractivity contribution is 0.00578. The van der Waals surface area contributed by atoms with Gasteiger partial charge >= 0.3 is 7.12 Å². The normalized spacial score (nSPS) is 46.8. The molecule has 0 aromatic heterocycles. The van der Waals surface area contributed by atoms with E-state index in [0.29, 0.717) is 10.7 Å². The first kappa shape index (κ1) is 12.0.